The second-order valence-corrected chi connectivity index (χ2v) is 9.49. The van der Waals surface area contributed by atoms with Crippen molar-refractivity contribution in [3.8, 4) is 0 Å². The molecule has 0 saturated heterocycles. The summed E-state index contributed by atoms with van der Waals surface area (Å²) in [6, 6.07) is 10.2. The van der Waals surface area contributed by atoms with Crippen LogP contribution in [-0.4, -0.2) is 20.9 Å². The summed E-state index contributed by atoms with van der Waals surface area (Å²) < 4.78 is 27.3. The molecule has 7 heteroatoms. The molecule has 1 atom stereocenters. The van der Waals surface area contributed by atoms with Crippen molar-refractivity contribution in [1.82, 2.24) is 5.32 Å². The van der Waals surface area contributed by atoms with Gasteiger partial charge in [0.15, 0.2) is 0 Å². The summed E-state index contributed by atoms with van der Waals surface area (Å²) in [5.74, 6) is 0.528. The lowest BCUT2D eigenvalue weighted by atomic mass is 9.99. The maximum absolute atomic E-state index is 12.2. The number of carbonyl (C=O) groups is 1. The summed E-state index contributed by atoms with van der Waals surface area (Å²) in [5.41, 5.74) is 1.34. The molecule has 2 aromatic rings. The minimum absolute atomic E-state index is 0.00290. The molecule has 27 heavy (non-hydrogen) atoms. The van der Waals surface area contributed by atoms with Crippen molar-refractivity contribution in [3.63, 3.8) is 0 Å². The first-order chi connectivity index (χ1) is 12.9. The average Bonchev–Trinajstić information content (AvgIpc) is 3.19. The number of carbonyl (C=O) groups excluding carboxylic acids is 1. The smallest absolute Gasteiger partial charge is 0.271 e. The molecule has 0 spiro atoms. The first kappa shape index (κ1) is 21.4. The van der Waals surface area contributed by atoms with Crippen molar-refractivity contribution in [2.24, 2.45) is 5.92 Å². The van der Waals surface area contributed by atoms with Gasteiger partial charge in [0.05, 0.1) is 6.42 Å². The van der Waals surface area contributed by atoms with Gasteiger partial charge in [0, 0.05) is 12.2 Å². The highest BCUT2D eigenvalue weighted by molar-refractivity contribution is 7.94. The number of anilines is 1. The highest BCUT2D eigenvalue weighted by Gasteiger charge is 2.15. The quantitative estimate of drug-likeness (QED) is 0.578. The van der Waals surface area contributed by atoms with Crippen LogP contribution in [0, 0.1) is 5.92 Å². The number of amides is 1. The van der Waals surface area contributed by atoms with Crippen molar-refractivity contribution >= 4 is 33.0 Å². The van der Waals surface area contributed by atoms with E-state index in [4.69, 9.17) is 0 Å². The fourth-order valence-electron chi connectivity index (χ4n) is 2.76. The Balaban J connectivity index is 1.85. The monoisotopic (exact) mass is 408 g/mol. The molecule has 1 heterocycles. The number of nitrogens with one attached hydrogen (secondary N) is 2. The van der Waals surface area contributed by atoms with E-state index in [1.54, 1.807) is 41.8 Å². The van der Waals surface area contributed by atoms with Gasteiger partial charge >= 0.3 is 0 Å². The second-order valence-electron chi connectivity index (χ2n) is 6.63. The molecule has 0 aliphatic heterocycles. The Kier molecular flexibility index (Phi) is 8.31. The zero-order chi connectivity index (χ0) is 19.7. The van der Waals surface area contributed by atoms with Gasteiger partial charge < -0.3 is 5.32 Å². The second kappa shape index (κ2) is 10.5. The Morgan fingerprint density at radius 1 is 1.15 bits per heavy atom. The number of sulfonamides is 1. The standard InChI is InChI=1S/C20H28N2O3S2/c1-3-5-7-16(4-2)15-21-19(23)14-17-9-11-18(12-10-17)22-27(24,25)20-8-6-13-26-20/h6,8-13,16,22H,3-5,7,14-15H2,1-2H3,(H,21,23). The van der Waals surface area contributed by atoms with Gasteiger partial charge in [-0.25, -0.2) is 8.42 Å². The van der Waals surface area contributed by atoms with Crippen LogP contribution in [0.1, 0.15) is 45.1 Å². The molecule has 1 unspecified atom stereocenters. The molecule has 0 aliphatic carbocycles. The van der Waals surface area contributed by atoms with Gasteiger partial charge in [-0.15, -0.1) is 11.3 Å². The Hall–Kier alpha value is -1.86. The van der Waals surface area contributed by atoms with Crippen LogP contribution in [0.15, 0.2) is 46.0 Å². The Labute approximate surface area is 166 Å². The molecule has 0 fully saturated rings. The fraction of sp³-hybridized carbons (Fsp3) is 0.450. The first-order valence-corrected chi connectivity index (χ1v) is 11.7. The van der Waals surface area contributed by atoms with E-state index >= 15 is 0 Å². The number of hydrogen-bond acceptors (Lipinski definition) is 4. The van der Waals surface area contributed by atoms with Crippen LogP contribution in [0.2, 0.25) is 0 Å². The van der Waals surface area contributed by atoms with Gasteiger partial charge in [0.2, 0.25) is 5.91 Å². The summed E-state index contributed by atoms with van der Waals surface area (Å²) >= 11 is 1.17. The molecule has 2 N–H and O–H groups in total. The normalized spacial score (nSPS) is 12.5. The highest BCUT2D eigenvalue weighted by Crippen LogP contribution is 2.20. The predicted molar refractivity (Wildman–Crippen MR) is 112 cm³/mol. The molecule has 2 rings (SSSR count). The van der Waals surface area contributed by atoms with Crippen LogP contribution in [0.5, 0.6) is 0 Å². The summed E-state index contributed by atoms with van der Waals surface area (Å²) in [7, 11) is -3.55. The summed E-state index contributed by atoms with van der Waals surface area (Å²) in [6.07, 6.45) is 4.87. The van der Waals surface area contributed by atoms with Gasteiger partial charge in [-0.3, -0.25) is 9.52 Å². The maximum Gasteiger partial charge on any atom is 0.271 e. The molecule has 0 bridgehead atoms. The van der Waals surface area contributed by atoms with Gasteiger partial charge in [0.25, 0.3) is 10.0 Å². The van der Waals surface area contributed by atoms with Crippen LogP contribution >= 0.6 is 11.3 Å². The lowest BCUT2D eigenvalue weighted by Gasteiger charge is -2.15. The summed E-state index contributed by atoms with van der Waals surface area (Å²) in [4.78, 5) is 12.2. The van der Waals surface area contributed by atoms with Gasteiger partial charge in [-0.1, -0.05) is 51.3 Å². The maximum atomic E-state index is 12.2. The third kappa shape index (κ3) is 6.99. The van der Waals surface area contributed by atoms with E-state index in [1.807, 2.05) is 0 Å². The lowest BCUT2D eigenvalue weighted by Crippen LogP contribution is -2.30. The van der Waals surface area contributed by atoms with Crippen molar-refractivity contribution in [3.05, 3.63) is 47.3 Å². The molecule has 5 nitrogen and oxygen atoms in total. The van der Waals surface area contributed by atoms with Crippen LogP contribution in [-0.2, 0) is 21.2 Å². The first-order valence-electron chi connectivity index (χ1n) is 9.36. The van der Waals surface area contributed by atoms with E-state index < -0.39 is 10.0 Å². The SMILES string of the molecule is CCCCC(CC)CNC(=O)Cc1ccc(NS(=O)(=O)c2cccs2)cc1. The molecule has 1 aromatic carbocycles. The predicted octanol–water partition coefficient (Wildman–Crippen LogP) is 4.42. The number of unbranched alkanes of at least 4 members (excludes halogenated alkanes) is 1. The van der Waals surface area contributed by atoms with Crippen LogP contribution < -0.4 is 10.0 Å². The molecule has 0 aliphatic rings. The van der Waals surface area contributed by atoms with Gasteiger partial charge in [0.1, 0.15) is 4.21 Å². The minimum Gasteiger partial charge on any atom is -0.356 e. The third-order valence-electron chi connectivity index (χ3n) is 4.46. The van der Waals surface area contributed by atoms with E-state index in [2.05, 4.69) is 23.9 Å². The molecule has 0 saturated carbocycles. The molecular formula is C20H28N2O3S2. The van der Waals surface area contributed by atoms with Gasteiger partial charge in [-0.05, 0) is 41.5 Å². The largest absolute Gasteiger partial charge is 0.356 e. The van der Waals surface area contributed by atoms with E-state index in [1.165, 1.54) is 24.2 Å². The molecule has 1 amide bonds. The van der Waals surface area contributed by atoms with Gasteiger partial charge in [-0.2, -0.15) is 0 Å². The van der Waals surface area contributed by atoms with Crippen molar-refractivity contribution < 1.29 is 13.2 Å². The van der Waals surface area contributed by atoms with E-state index in [0.29, 0.717) is 24.6 Å². The van der Waals surface area contributed by atoms with Crippen molar-refractivity contribution in [2.45, 2.75) is 50.2 Å². The minimum atomic E-state index is -3.55. The van der Waals surface area contributed by atoms with E-state index in [-0.39, 0.29) is 10.1 Å². The molecule has 0 radical (unpaired) electrons. The van der Waals surface area contributed by atoms with Crippen LogP contribution in [0.3, 0.4) is 0 Å². The Bertz CT molecular complexity index is 800. The zero-order valence-electron chi connectivity index (χ0n) is 15.9. The molecular weight excluding hydrogens is 380 g/mol. The molecule has 148 valence electrons. The number of benzene rings is 1. The third-order valence-corrected chi connectivity index (χ3v) is 7.24. The summed E-state index contributed by atoms with van der Waals surface area (Å²) in [5, 5.41) is 4.74. The molecule has 1 aromatic heterocycles. The number of hydrogen-bond donors (Lipinski definition) is 2. The van der Waals surface area contributed by atoms with Crippen LogP contribution in [0.4, 0.5) is 5.69 Å². The van der Waals surface area contributed by atoms with Crippen LogP contribution in [0.25, 0.3) is 0 Å². The van der Waals surface area contributed by atoms with Crippen molar-refractivity contribution in [2.75, 3.05) is 11.3 Å². The Morgan fingerprint density at radius 3 is 2.48 bits per heavy atom. The number of rotatable bonds is 11. The zero-order valence-corrected chi connectivity index (χ0v) is 17.5. The summed E-state index contributed by atoms with van der Waals surface area (Å²) in [6.45, 7) is 5.05. The Morgan fingerprint density at radius 2 is 1.89 bits per heavy atom. The fourth-order valence-corrected chi connectivity index (χ4v) is 4.81. The van der Waals surface area contributed by atoms with Crippen molar-refractivity contribution in [1.29, 1.82) is 0 Å². The van der Waals surface area contributed by atoms with E-state index in [0.717, 1.165) is 18.4 Å². The highest BCUT2D eigenvalue weighted by atomic mass is 32.2. The van der Waals surface area contributed by atoms with E-state index in [9.17, 15) is 13.2 Å². The average molecular weight is 409 g/mol. The topological polar surface area (TPSA) is 75.3 Å². The lowest BCUT2D eigenvalue weighted by molar-refractivity contribution is -0.120. The number of thiophene rings is 1.